The van der Waals surface area contributed by atoms with Gasteiger partial charge < -0.3 is 24.4 Å². The molecular weight excluding hydrogens is 799 g/mol. The molecule has 3 heterocycles. The molecule has 2 N–H and O–H groups in total. The van der Waals surface area contributed by atoms with E-state index in [0.29, 0.717) is 5.41 Å². The first-order valence-corrected chi connectivity index (χ1v) is 24.7. The number of rotatable bonds is 18. The predicted octanol–water partition coefficient (Wildman–Crippen LogP) is 14.2. The van der Waals surface area contributed by atoms with E-state index < -0.39 is 24.6 Å². The molecular formula is C51H95N3O9. The van der Waals surface area contributed by atoms with Crippen LogP contribution in [0.15, 0.2) is 0 Å². The SMILES string of the molecule is CCCCCCCCCCCCCCCCC(C1CC(C)(C)N(C)C(C)(C)C1)(C1CC(C)(C)N(C)C(C)(C)C1)C1CC(C)(C)N(C)C(C)(C)C1.O=C(O)OC(=O)OC(=O)OC(=O)O. The first-order chi connectivity index (χ1) is 28.9. The Morgan fingerprint density at radius 3 is 0.873 bits per heavy atom. The van der Waals surface area contributed by atoms with Gasteiger partial charge in [-0.3, -0.25) is 14.7 Å². The molecule has 3 saturated heterocycles. The number of carbonyl (C=O) groups is 4. The molecule has 0 unspecified atom stereocenters. The summed E-state index contributed by atoms with van der Waals surface area (Å²) >= 11 is 0. The largest absolute Gasteiger partial charge is 0.528 e. The topological polar surface area (TPSA) is 146 Å². The molecule has 0 amide bonds. The number of nitrogens with zero attached hydrogens (tertiary/aromatic N) is 3. The van der Waals surface area contributed by atoms with Crippen molar-refractivity contribution in [2.45, 2.75) is 258 Å². The van der Waals surface area contributed by atoms with E-state index in [-0.39, 0.29) is 33.2 Å². The second-order valence-electron chi connectivity index (χ2n) is 23.7. The van der Waals surface area contributed by atoms with Crippen molar-refractivity contribution in [3.05, 3.63) is 0 Å². The third-order valence-electron chi connectivity index (χ3n) is 16.7. The van der Waals surface area contributed by atoms with E-state index in [1.807, 2.05) is 0 Å². The summed E-state index contributed by atoms with van der Waals surface area (Å²) in [5.74, 6) is 2.27. The van der Waals surface area contributed by atoms with Gasteiger partial charge in [0.2, 0.25) is 0 Å². The normalized spacial score (nSPS) is 22.7. The Kier molecular flexibility index (Phi) is 21.0. The van der Waals surface area contributed by atoms with Crippen LogP contribution in [-0.2, 0) is 14.2 Å². The van der Waals surface area contributed by atoms with E-state index in [9.17, 15) is 19.2 Å². The molecule has 0 saturated carbocycles. The van der Waals surface area contributed by atoms with Crippen LogP contribution in [0.3, 0.4) is 0 Å². The van der Waals surface area contributed by atoms with Gasteiger partial charge in [-0.25, -0.2) is 19.2 Å². The van der Waals surface area contributed by atoms with Gasteiger partial charge in [0.25, 0.3) is 0 Å². The maximum absolute atomic E-state index is 10.1. The lowest BCUT2D eigenvalue weighted by molar-refractivity contribution is -0.173. The van der Waals surface area contributed by atoms with E-state index >= 15 is 0 Å². The van der Waals surface area contributed by atoms with Gasteiger partial charge in [-0.1, -0.05) is 96.8 Å². The highest BCUT2D eigenvalue weighted by molar-refractivity contribution is 5.86. The number of carboxylic acid groups (broad SMARTS) is 2. The van der Waals surface area contributed by atoms with Crippen molar-refractivity contribution in [1.29, 1.82) is 0 Å². The summed E-state index contributed by atoms with van der Waals surface area (Å²) in [5.41, 5.74) is 1.61. The summed E-state index contributed by atoms with van der Waals surface area (Å²) in [6.45, 7) is 33.2. The number of piperidine rings is 3. The summed E-state index contributed by atoms with van der Waals surface area (Å²) in [4.78, 5) is 47.7. The average Bonchev–Trinajstić information content (AvgIpc) is 3.12. The van der Waals surface area contributed by atoms with Gasteiger partial charge >= 0.3 is 24.6 Å². The summed E-state index contributed by atoms with van der Waals surface area (Å²) in [7, 11) is 7.28. The van der Waals surface area contributed by atoms with Crippen LogP contribution in [0.4, 0.5) is 19.2 Å². The molecule has 368 valence electrons. The molecule has 0 aromatic rings. The van der Waals surface area contributed by atoms with Crippen LogP contribution >= 0.6 is 0 Å². The van der Waals surface area contributed by atoms with E-state index in [4.69, 9.17) is 10.2 Å². The Morgan fingerprint density at radius 2 is 0.651 bits per heavy atom. The molecule has 0 atom stereocenters. The zero-order valence-corrected chi connectivity index (χ0v) is 43.2. The first-order valence-electron chi connectivity index (χ1n) is 24.7. The highest BCUT2D eigenvalue weighted by atomic mass is 16.9. The standard InChI is InChI=1S/C47H93N3.C4H2O9/c1-17-18-19-20-21-22-23-24-25-26-27-28-29-30-31-47(38-32-41(2,3)48(14)42(4,5)33-38,39-34-43(6,7)49(15)44(8,9)35-39)40-36-45(10,11)50(16)46(12,13)37-40;5-1(6)11-3(9)13-4(10)12-2(7)8/h38-40H,17-37H2,1-16H3;(H,5,6)(H,7,8). The van der Waals surface area contributed by atoms with Gasteiger partial charge in [0, 0.05) is 33.2 Å². The smallest absolute Gasteiger partial charge is 0.449 e. The van der Waals surface area contributed by atoms with Crippen LogP contribution in [0.5, 0.6) is 0 Å². The number of ether oxygens (including phenoxy) is 3. The van der Waals surface area contributed by atoms with Crippen molar-refractivity contribution in [2.24, 2.45) is 23.2 Å². The summed E-state index contributed by atoms with van der Waals surface area (Å²) in [6, 6.07) is 0. The van der Waals surface area contributed by atoms with Crippen molar-refractivity contribution < 1.29 is 43.6 Å². The number of hydrogen-bond donors (Lipinski definition) is 2. The fourth-order valence-corrected chi connectivity index (χ4v) is 12.7. The Hall–Kier alpha value is -2.44. The van der Waals surface area contributed by atoms with Gasteiger partial charge in [-0.15, -0.1) is 0 Å². The molecule has 0 aliphatic carbocycles. The summed E-state index contributed by atoms with van der Waals surface area (Å²) < 4.78 is 9.92. The Balaban J connectivity index is 0.000000905. The van der Waals surface area contributed by atoms with Crippen molar-refractivity contribution >= 4 is 24.6 Å². The van der Waals surface area contributed by atoms with Gasteiger partial charge in [0.05, 0.1) is 0 Å². The quantitative estimate of drug-likeness (QED) is 0.0767. The van der Waals surface area contributed by atoms with Crippen LogP contribution in [0.2, 0.25) is 0 Å². The lowest BCUT2D eigenvalue weighted by Gasteiger charge is -2.67. The van der Waals surface area contributed by atoms with Crippen LogP contribution in [-0.4, -0.2) is 104 Å². The molecule has 0 aromatic carbocycles. The zero-order chi connectivity index (χ0) is 48.2. The molecule has 0 aromatic heterocycles. The van der Waals surface area contributed by atoms with Gasteiger partial charge in [0.1, 0.15) is 0 Å². The minimum Gasteiger partial charge on any atom is -0.449 e. The number of unbranched alkanes of at least 4 members (excludes halogenated alkanes) is 13. The van der Waals surface area contributed by atoms with E-state index in [0.717, 1.165) is 17.8 Å². The highest BCUT2D eigenvalue weighted by Crippen LogP contribution is 2.64. The van der Waals surface area contributed by atoms with Crippen molar-refractivity contribution in [3.63, 3.8) is 0 Å². The second-order valence-corrected chi connectivity index (χ2v) is 23.7. The lowest BCUT2D eigenvalue weighted by atomic mass is 9.45. The molecule has 0 spiro atoms. The summed E-state index contributed by atoms with van der Waals surface area (Å²) in [6.07, 6.45) is 21.8. The molecule has 3 aliphatic rings. The Labute approximate surface area is 384 Å². The molecule has 12 nitrogen and oxygen atoms in total. The Bertz CT molecular complexity index is 1290. The third kappa shape index (κ3) is 16.1. The lowest BCUT2D eigenvalue weighted by Crippen LogP contribution is -2.68. The van der Waals surface area contributed by atoms with Gasteiger partial charge in [0.15, 0.2) is 0 Å². The molecule has 12 heteroatoms. The molecule has 0 bridgehead atoms. The first kappa shape index (κ1) is 56.7. The van der Waals surface area contributed by atoms with E-state index in [1.54, 1.807) is 0 Å². The van der Waals surface area contributed by atoms with Crippen LogP contribution in [0.1, 0.15) is 225 Å². The van der Waals surface area contributed by atoms with Crippen LogP contribution < -0.4 is 0 Å². The minimum atomic E-state index is -2.01. The van der Waals surface area contributed by atoms with E-state index in [1.165, 1.54) is 135 Å². The predicted molar refractivity (Wildman–Crippen MR) is 253 cm³/mol. The average molecular weight is 894 g/mol. The Morgan fingerprint density at radius 1 is 0.429 bits per heavy atom. The van der Waals surface area contributed by atoms with Crippen molar-refractivity contribution in [3.8, 4) is 0 Å². The van der Waals surface area contributed by atoms with Crippen molar-refractivity contribution in [1.82, 2.24) is 14.7 Å². The fourth-order valence-electron chi connectivity index (χ4n) is 12.7. The second kappa shape index (κ2) is 23.3. The number of likely N-dealkylation sites (tertiary alicyclic amines) is 3. The zero-order valence-electron chi connectivity index (χ0n) is 43.2. The highest BCUT2D eigenvalue weighted by Gasteiger charge is 2.61. The van der Waals surface area contributed by atoms with Crippen molar-refractivity contribution in [2.75, 3.05) is 21.1 Å². The fraction of sp³-hybridized carbons (Fsp3) is 0.922. The van der Waals surface area contributed by atoms with Gasteiger partial charge in [-0.05, 0) is 172 Å². The maximum Gasteiger partial charge on any atom is 0.528 e. The molecule has 63 heavy (non-hydrogen) atoms. The van der Waals surface area contributed by atoms with Crippen LogP contribution in [0, 0.1) is 23.2 Å². The number of carbonyl (C=O) groups excluding carboxylic acids is 2. The van der Waals surface area contributed by atoms with Gasteiger partial charge in [-0.2, -0.15) is 0 Å². The maximum atomic E-state index is 10.1. The minimum absolute atomic E-state index is 0.208. The van der Waals surface area contributed by atoms with Crippen LogP contribution in [0.25, 0.3) is 0 Å². The molecule has 3 rings (SSSR count). The monoisotopic (exact) mass is 894 g/mol. The van der Waals surface area contributed by atoms with E-state index in [2.05, 4.69) is 140 Å². The molecule has 3 fully saturated rings. The summed E-state index contributed by atoms with van der Waals surface area (Å²) in [5, 5.41) is 15.6. The molecule has 0 radical (unpaired) electrons. The third-order valence-corrected chi connectivity index (χ3v) is 16.7. The molecule has 3 aliphatic heterocycles. The number of hydrogen-bond acceptors (Lipinski definition) is 10.